The van der Waals surface area contributed by atoms with Crippen molar-refractivity contribution in [1.82, 2.24) is 5.32 Å². The Morgan fingerprint density at radius 1 is 1.32 bits per heavy atom. The molecular formula is C13H11Cl2NO3. The van der Waals surface area contributed by atoms with Gasteiger partial charge in [0, 0.05) is 11.1 Å². The Morgan fingerprint density at radius 2 is 2.16 bits per heavy atom. The Bertz CT molecular complexity index is 555. The molecule has 0 aliphatic heterocycles. The summed E-state index contributed by atoms with van der Waals surface area (Å²) in [6, 6.07) is 8.34. The van der Waals surface area contributed by atoms with Crippen LogP contribution in [0.3, 0.4) is 0 Å². The molecule has 0 radical (unpaired) electrons. The molecule has 4 nitrogen and oxygen atoms in total. The van der Waals surface area contributed by atoms with Crippen LogP contribution in [0.15, 0.2) is 41.0 Å². The van der Waals surface area contributed by atoms with Crippen molar-refractivity contribution in [2.24, 2.45) is 0 Å². The number of hydrogen-bond donors (Lipinski definition) is 1. The summed E-state index contributed by atoms with van der Waals surface area (Å²) in [6.45, 7) is 0.180. The first-order chi connectivity index (χ1) is 9.15. The fraction of sp³-hybridized carbons (Fsp3) is 0.154. The molecule has 1 aromatic carbocycles. The highest BCUT2D eigenvalue weighted by Gasteiger charge is 2.07. The van der Waals surface area contributed by atoms with Crippen molar-refractivity contribution < 1.29 is 13.9 Å². The second-order valence-corrected chi connectivity index (χ2v) is 4.56. The minimum absolute atomic E-state index is 0.138. The molecule has 19 heavy (non-hydrogen) atoms. The average molecular weight is 300 g/mol. The SMILES string of the molecule is O=C(COc1cc(Cl)ccc1Cl)NCc1ccco1. The molecule has 0 fully saturated rings. The number of hydrogen-bond acceptors (Lipinski definition) is 3. The van der Waals surface area contributed by atoms with Crippen LogP contribution in [-0.4, -0.2) is 12.5 Å². The van der Waals surface area contributed by atoms with Gasteiger partial charge in [-0.1, -0.05) is 23.2 Å². The highest BCUT2D eigenvalue weighted by Crippen LogP contribution is 2.27. The van der Waals surface area contributed by atoms with Crippen molar-refractivity contribution in [1.29, 1.82) is 0 Å². The summed E-state index contributed by atoms with van der Waals surface area (Å²) in [5.74, 6) is 0.781. The highest BCUT2D eigenvalue weighted by atomic mass is 35.5. The molecule has 2 rings (SSSR count). The summed E-state index contributed by atoms with van der Waals surface area (Å²) in [5.41, 5.74) is 0. The monoisotopic (exact) mass is 299 g/mol. The molecule has 1 N–H and O–H groups in total. The molecule has 0 spiro atoms. The van der Waals surface area contributed by atoms with Crippen molar-refractivity contribution in [3.05, 3.63) is 52.4 Å². The lowest BCUT2D eigenvalue weighted by Crippen LogP contribution is -2.28. The third kappa shape index (κ3) is 4.19. The second kappa shape index (κ2) is 6.50. The Labute approximate surface area is 120 Å². The van der Waals surface area contributed by atoms with E-state index in [9.17, 15) is 4.79 Å². The predicted molar refractivity (Wildman–Crippen MR) is 72.5 cm³/mol. The van der Waals surface area contributed by atoms with Crippen LogP contribution < -0.4 is 10.1 Å². The average Bonchev–Trinajstić information content (AvgIpc) is 2.90. The van der Waals surface area contributed by atoms with Crippen LogP contribution in [0.1, 0.15) is 5.76 Å². The lowest BCUT2D eigenvalue weighted by atomic mass is 10.3. The van der Waals surface area contributed by atoms with E-state index in [-0.39, 0.29) is 12.5 Å². The van der Waals surface area contributed by atoms with Crippen molar-refractivity contribution >= 4 is 29.1 Å². The van der Waals surface area contributed by atoms with Gasteiger partial charge < -0.3 is 14.5 Å². The minimum Gasteiger partial charge on any atom is -0.482 e. The van der Waals surface area contributed by atoms with Gasteiger partial charge in [0.15, 0.2) is 6.61 Å². The summed E-state index contributed by atoms with van der Waals surface area (Å²) in [6.07, 6.45) is 1.55. The molecule has 100 valence electrons. The third-order valence-corrected chi connectivity index (χ3v) is 2.84. The molecule has 1 aromatic heterocycles. The van der Waals surface area contributed by atoms with Gasteiger partial charge in [-0.05, 0) is 24.3 Å². The van der Waals surface area contributed by atoms with Gasteiger partial charge in [0.1, 0.15) is 11.5 Å². The predicted octanol–water partition coefficient (Wildman–Crippen LogP) is 3.28. The molecule has 0 atom stereocenters. The zero-order valence-electron chi connectivity index (χ0n) is 9.86. The number of furan rings is 1. The van der Waals surface area contributed by atoms with E-state index < -0.39 is 0 Å². The summed E-state index contributed by atoms with van der Waals surface area (Å²) >= 11 is 11.7. The van der Waals surface area contributed by atoms with E-state index in [4.69, 9.17) is 32.4 Å². The molecular weight excluding hydrogens is 289 g/mol. The van der Waals surface area contributed by atoms with Gasteiger partial charge in [0.25, 0.3) is 5.91 Å². The molecule has 0 aliphatic rings. The van der Waals surface area contributed by atoms with E-state index >= 15 is 0 Å². The highest BCUT2D eigenvalue weighted by molar-refractivity contribution is 6.34. The number of ether oxygens (including phenoxy) is 1. The van der Waals surface area contributed by atoms with Gasteiger partial charge in [-0.25, -0.2) is 0 Å². The minimum atomic E-state index is -0.271. The maximum absolute atomic E-state index is 11.6. The summed E-state index contributed by atoms with van der Waals surface area (Å²) in [5, 5.41) is 3.56. The fourth-order valence-corrected chi connectivity index (χ4v) is 1.72. The largest absolute Gasteiger partial charge is 0.482 e. The zero-order chi connectivity index (χ0) is 13.7. The summed E-state index contributed by atoms with van der Waals surface area (Å²) in [4.78, 5) is 11.6. The lowest BCUT2D eigenvalue weighted by molar-refractivity contribution is -0.123. The maximum Gasteiger partial charge on any atom is 0.258 e. The number of halogens is 2. The Hall–Kier alpha value is -1.65. The van der Waals surface area contributed by atoms with E-state index in [1.165, 1.54) is 0 Å². The van der Waals surface area contributed by atoms with E-state index in [2.05, 4.69) is 5.32 Å². The van der Waals surface area contributed by atoms with E-state index in [0.29, 0.717) is 28.1 Å². The van der Waals surface area contributed by atoms with Crippen LogP contribution in [0.4, 0.5) is 0 Å². The first kappa shape index (κ1) is 13.8. The molecule has 0 aliphatic carbocycles. The Morgan fingerprint density at radius 3 is 2.89 bits per heavy atom. The van der Waals surface area contributed by atoms with Crippen molar-refractivity contribution in [2.75, 3.05) is 6.61 Å². The first-order valence-corrected chi connectivity index (χ1v) is 6.27. The normalized spacial score (nSPS) is 10.2. The molecule has 2 aromatic rings. The lowest BCUT2D eigenvalue weighted by Gasteiger charge is -2.08. The molecule has 1 heterocycles. The topological polar surface area (TPSA) is 51.5 Å². The first-order valence-electron chi connectivity index (χ1n) is 5.52. The maximum atomic E-state index is 11.6. The summed E-state index contributed by atoms with van der Waals surface area (Å²) < 4.78 is 10.4. The van der Waals surface area contributed by atoms with Crippen LogP contribution in [-0.2, 0) is 11.3 Å². The van der Waals surface area contributed by atoms with E-state index in [1.807, 2.05) is 0 Å². The van der Waals surface area contributed by atoms with Crippen LogP contribution in [0.25, 0.3) is 0 Å². The Kier molecular flexibility index (Phi) is 4.71. The number of rotatable bonds is 5. The van der Waals surface area contributed by atoms with Crippen molar-refractivity contribution in [3.63, 3.8) is 0 Å². The fourth-order valence-electron chi connectivity index (χ4n) is 1.38. The quantitative estimate of drug-likeness (QED) is 0.922. The van der Waals surface area contributed by atoms with Crippen LogP contribution in [0.5, 0.6) is 5.75 Å². The molecule has 0 unspecified atom stereocenters. The standard InChI is InChI=1S/C13H11Cl2NO3/c14-9-3-4-11(15)12(6-9)19-8-13(17)16-7-10-2-1-5-18-10/h1-6H,7-8H2,(H,16,17). The van der Waals surface area contributed by atoms with Crippen molar-refractivity contribution in [2.45, 2.75) is 6.54 Å². The van der Waals surface area contributed by atoms with Gasteiger partial charge in [0.2, 0.25) is 0 Å². The molecule has 1 amide bonds. The van der Waals surface area contributed by atoms with Gasteiger partial charge >= 0.3 is 0 Å². The van der Waals surface area contributed by atoms with Gasteiger partial charge in [-0.3, -0.25) is 4.79 Å². The van der Waals surface area contributed by atoms with Crippen LogP contribution in [0, 0.1) is 0 Å². The third-order valence-electron chi connectivity index (χ3n) is 2.29. The smallest absolute Gasteiger partial charge is 0.258 e. The van der Waals surface area contributed by atoms with E-state index in [1.54, 1.807) is 36.6 Å². The number of amides is 1. The summed E-state index contributed by atoms with van der Waals surface area (Å²) in [7, 11) is 0. The number of nitrogens with one attached hydrogen (secondary N) is 1. The van der Waals surface area contributed by atoms with Crippen LogP contribution >= 0.6 is 23.2 Å². The second-order valence-electron chi connectivity index (χ2n) is 3.72. The van der Waals surface area contributed by atoms with Gasteiger partial charge in [-0.15, -0.1) is 0 Å². The number of carbonyl (C=O) groups excluding carboxylic acids is 1. The van der Waals surface area contributed by atoms with Crippen molar-refractivity contribution in [3.8, 4) is 5.75 Å². The zero-order valence-corrected chi connectivity index (χ0v) is 11.4. The number of carbonyl (C=O) groups is 1. The van der Waals surface area contributed by atoms with E-state index in [0.717, 1.165) is 0 Å². The molecule has 6 heteroatoms. The van der Waals surface area contributed by atoms with Crippen LogP contribution in [0.2, 0.25) is 10.0 Å². The molecule has 0 bridgehead atoms. The molecule has 0 saturated heterocycles. The Balaban J connectivity index is 1.81. The number of benzene rings is 1. The van der Waals surface area contributed by atoms with Gasteiger partial charge in [0.05, 0.1) is 17.8 Å². The van der Waals surface area contributed by atoms with Gasteiger partial charge in [-0.2, -0.15) is 0 Å². The molecule has 0 saturated carbocycles.